The second-order valence-corrected chi connectivity index (χ2v) is 5.43. The van der Waals surface area contributed by atoms with Crippen molar-refractivity contribution in [1.82, 2.24) is 15.3 Å². The van der Waals surface area contributed by atoms with Crippen LogP contribution in [0.5, 0.6) is 0 Å². The Bertz CT molecular complexity index is 589. The zero-order valence-electron chi connectivity index (χ0n) is 10.9. The van der Waals surface area contributed by atoms with Crippen molar-refractivity contribution >= 4 is 5.69 Å². The fourth-order valence-corrected chi connectivity index (χ4v) is 3.22. The van der Waals surface area contributed by atoms with Crippen LogP contribution in [0.4, 0.5) is 5.69 Å². The number of rotatable bonds is 2. The van der Waals surface area contributed by atoms with Gasteiger partial charge in [-0.25, -0.2) is 4.98 Å². The Morgan fingerprint density at radius 1 is 1.32 bits per heavy atom. The lowest BCUT2D eigenvalue weighted by Gasteiger charge is -2.29. The SMILES string of the molecule is c1ccc2c(c1)CCN2CC1Cc2nc[nH]c2CN1. The summed E-state index contributed by atoms with van der Waals surface area (Å²) in [5, 5.41) is 3.61. The third-order valence-corrected chi connectivity index (χ3v) is 4.24. The number of para-hydroxylation sites is 1. The van der Waals surface area contributed by atoms with Crippen LogP contribution in [-0.2, 0) is 19.4 Å². The second kappa shape index (κ2) is 4.38. The summed E-state index contributed by atoms with van der Waals surface area (Å²) in [5.41, 5.74) is 5.38. The van der Waals surface area contributed by atoms with Crippen LogP contribution in [-0.4, -0.2) is 29.1 Å². The number of H-pyrrole nitrogens is 1. The van der Waals surface area contributed by atoms with Crippen LogP contribution < -0.4 is 10.2 Å². The number of anilines is 1. The first-order valence-corrected chi connectivity index (χ1v) is 6.97. The van der Waals surface area contributed by atoms with Gasteiger partial charge in [0.1, 0.15) is 0 Å². The highest BCUT2D eigenvalue weighted by molar-refractivity contribution is 5.57. The van der Waals surface area contributed by atoms with Crippen molar-refractivity contribution in [2.45, 2.75) is 25.4 Å². The minimum absolute atomic E-state index is 0.502. The van der Waals surface area contributed by atoms with E-state index >= 15 is 0 Å². The van der Waals surface area contributed by atoms with Crippen LogP contribution in [0.2, 0.25) is 0 Å². The van der Waals surface area contributed by atoms with E-state index in [0.717, 1.165) is 26.1 Å². The molecule has 4 nitrogen and oxygen atoms in total. The van der Waals surface area contributed by atoms with Crippen LogP contribution in [0.15, 0.2) is 30.6 Å². The van der Waals surface area contributed by atoms with E-state index in [1.807, 2.05) is 0 Å². The molecule has 0 aliphatic carbocycles. The smallest absolute Gasteiger partial charge is 0.0925 e. The number of hydrogen-bond donors (Lipinski definition) is 2. The predicted molar refractivity (Wildman–Crippen MR) is 75.3 cm³/mol. The molecular weight excluding hydrogens is 236 g/mol. The monoisotopic (exact) mass is 254 g/mol. The first-order valence-electron chi connectivity index (χ1n) is 6.97. The molecule has 2 N–H and O–H groups in total. The lowest BCUT2D eigenvalue weighted by molar-refractivity contribution is 0.468. The first kappa shape index (κ1) is 11.1. The van der Waals surface area contributed by atoms with Gasteiger partial charge >= 0.3 is 0 Å². The Morgan fingerprint density at radius 3 is 3.26 bits per heavy atom. The fourth-order valence-electron chi connectivity index (χ4n) is 3.22. The molecule has 2 aliphatic heterocycles. The standard InChI is InChI=1S/C15H18N4/c1-2-4-15-11(3-1)5-6-19(15)9-12-7-13-14(8-16-12)18-10-17-13/h1-4,10,12,16H,5-9H2,(H,17,18). The van der Waals surface area contributed by atoms with Crippen LogP contribution in [0.3, 0.4) is 0 Å². The maximum atomic E-state index is 4.41. The number of benzene rings is 1. The Morgan fingerprint density at radius 2 is 2.26 bits per heavy atom. The van der Waals surface area contributed by atoms with Crippen LogP contribution >= 0.6 is 0 Å². The van der Waals surface area contributed by atoms with Gasteiger partial charge in [0.2, 0.25) is 0 Å². The molecule has 4 heteroatoms. The molecule has 1 unspecified atom stereocenters. The van der Waals surface area contributed by atoms with Gasteiger partial charge in [-0.2, -0.15) is 0 Å². The molecule has 2 aromatic rings. The molecule has 4 rings (SSSR count). The molecule has 1 atom stereocenters. The fraction of sp³-hybridized carbons (Fsp3) is 0.400. The van der Waals surface area contributed by atoms with Crippen molar-refractivity contribution in [3.05, 3.63) is 47.5 Å². The number of nitrogens with zero attached hydrogens (tertiary/aromatic N) is 2. The quantitative estimate of drug-likeness (QED) is 0.853. The third-order valence-electron chi connectivity index (χ3n) is 4.24. The molecule has 0 radical (unpaired) electrons. The van der Waals surface area contributed by atoms with E-state index < -0.39 is 0 Å². The van der Waals surface area contributed by atoms with Gasteiger partial charge in [-0.3, -0.25) is 0 Å². The van der Waals surface area contributed by atoms with Crippen molar-refractivity contribution in [2.75, 3.05) is 18.0 Å². The Balaban J connectivity index is 1.49. The molecule has 3 heterocycles. The van der Waals surface area contributed by atoms with Crippen molar-refractivity contribution in [3.63, 3.8) is 0 Å². The predicted octanol–water partition coefficient (Wildman–Crippen LogP) is 1.49. The van der Waals surface area contributed by atoms with Crippen molar-refractivity contribution in [3.8, 4) is 0 Å². The number of aromatic amines is 1. The summed E-state index contributed by atoms with van der Waals surface area (Å²) in [4.78, 5) is 10.1. The highest BCUT2D eigenvalue weighted by Gasteiger charge is 2.25. The summed E-state index contributed by atoms with van der Waals surface area (Å²) in [5.74, 6) is 0. The number of aromatic nitrogens is 2. The number of hydrogen-bond acceptors (Lipinski definition) is 3. The summed E-state index contributed by atoms with van der Waals surface area (Å²) in [6.07, 6.45) is 4.01. The normalized spacial score (nSPS) is 21.3. The number of fused-ring (bicyclic) bond motifs is 2. The zero-order valence-corrected chi connectivity index (χ0v) is 10.9. The van der Waals surface area contributed by atoms with Crippen molar-refractivity contribution in [2.24, 2.45) is 0 Å². The van der Waals surface area contributed by atoms with Gasteiger partial charge in [-0.1, -0.05) is 18.2 Å². The summed E-state index contributed by atoms with van der Waals surface area (Å²) < 4.78 is 0. The van der Waals surface area contributed by atoms with Crippen molar-refractivity contribution in [1.29, 1.82) is 0 Å². The van der Waals surface area contributed by atoms with Gasteiger partial charge in [0.25, 0.3) is 0 Å². The van der Waals surface area contributed by atoms with Gasteiger partial charge in [-0.15, -0.1) is 0 Å². The molecule has 2 aliphatic rings. The van der Waals surface area contributed by atoms with Crippen molar-refractivity contribution < 1.29 is 0 Å². The van der Waals surface area contributed by atoms with E-state index in [4.69, 9.17) is 0 Å². The molecule has 0 saturated carbocycles. The topological polar surface area (TPSA) is 44.0 Å². The Kier molecular flexibility index (Phi) is 2.55. The lowest BCUT2D eigenvalue weighted by atomic mass is 10.0. The highest BCUT2D eigenvalue weighted by Crippen LogP contribution is 2.28. The summed E-state index contributed by atoms with van der Waals surface area (Å²) in [7, 11) is 0. The van der Waals surface area contributed by atoms with E-state index in [-0.39, 0.29) is 0 Å². The van der Waals surface area contributed by atoms with Crippen LogP contribution in [0.25, 0.3) is 0 Å². The Hall–Kier alpha value is -1.81. The van der Waals surface area contributed by atoms with Gasteiger partial charge in [0.05, 0.1) is 17.7 Å². The van der Waals surface area contributed by atoms with E-state index in [1.54, 1.807) is 6.33 Å². The molecule has 0 bridgehead atoms. The van der Waals surface area contributed by atoms with Gasteiger partial charge in [0.15, 0.2) is 0 Å². The van der Waals surface area contributed by atoms with E-state index in [0.29, 0.717) is 6.04 Å². The maximum absolute atomic E-state index is 4.41. The summed E-state index contributed by atoms with van der Waals surface area (Å²) >= 11 is 0. The molecule has 98 valence electrons. The van der Waals surface area contributed by atoms with Crippen LogP contribution in [0.1, 0.15) is 17.0 Å². The number of imidazole rings is 1. The molecule has 0 spiro atoms. The maximum Gasteiger partial charge on any atom is 0.0925 e. The second-order valence-electron chi connectivity index (χ2n) is 5.43. The van der Waals surface area contributed by atoms with Gasteiger partial charge < -0.3 is 15.2 Å². The molecule has 0 saturated heterocycles. The lowest BCUT2D eigenvalue weighted by Crippen LogP contribution is -2.44. The van der Waals surface area contributed by atoms with E-state index in [1.165, 1.54) is 29.1 Å². The number of nitrogens with one attached hydrogen (secondary N) is 2. The van der Waals surface area contributed by atoms with E-state index in [2.05, 4.69) is 44.5 Å². The summed E-state index contributed by atoms with van der Waals surface area (Å²) in [6.45, 7) is 3.13. The molecule has 0 amide bonds. The zero-order chi connectivity index (χ0) is 12.7. The molecule has 0 fully saturated rings. The highest BCUT2D eigenvalue weighted by atomic mass is 15.2. The first-order chi connectivity index (χ1) is 9.40. The average Bonchev–Trinajstić information content (AvgIpc) is 3.06. The van der Waals surface area contributed by atoms with Crippen LogP contribution in [0, 0.1) is 0 Å². The molecule has 1 aromatic heterocycles. The Labute approximate surface area is 112 Å². The minimum atomic E-state index is 0.502. The molecular formula is C15H18N4. The molecule has 1 aromatic carbocycles. The average molecular weight is 254 g/mol. The van der Waals surface area contributed by atoms with E-state index in [9.17, 15) is 0 Å². The summed E-state index contributed by atoms with van der Waals surface area (Å²) in [6, 6.07) is 9.26. The third kappa shape index (κ3) is 1.92. The van der Waals surface area contributed by atoms with Gasteiger partial charge in [-0.05, 0) is 18.1 Å². The minimum Gasteiger partial charge on any atom is -0.369 e. The largest absolute Gasteiger partial charge is 0.369 e. The van der Waals surface area contributed by atoms with Gasteiger partial charge in [0, 0.05) is 37.8 Å². The molecule has 19 heavy (non-hydrogen) atoms.